The maximum atomic E-state index is 10.0. The van der Waals surface area contributed by atoms with Crippen LogP contribution in [0.4, 0.5) is 0 Å². The number of aliphatic hydroxyl groups is 1. The molecule has 1 heterocycles. The first kappa shape index (κ1) is 19.1. The van der Waals surface area contributed by atoms with E-state index in [0.29, 0.717) is 28.2 Å². The number of aliphatic hydroxyl groups excluding tert-OH is 1. The van der Waals surface area contributed by atoms with E-state index in [2.05, 4.69) is 21.0 Å². The predicted octanol–water partition coefficient (Wildman–Crippen LogP) is 3.40. The molecule has 2 aromatic carbocycles. The first-order valence-electron chi connectivity index (χ1n) is 8.11. The summed E-state index contributed by atoms with van der Waals surface area (Å²) in [6, 6.07) is 10.3. The minimum atomic E-state index is -0.0774. The molecular weight excluding hydrogens is 416 g/mol. The van der Waals surface area contributed by atoms with Crippen molar-refractivity contribution in [3.05, 3.63) is 40.9 Å². The molecule has 27 heavy (non-hydrogen) atoms. The molecule has 3 rings (SSSR count). The zero-order valence-corrected chi connectivity index (χ0v) is 16.4. The van der Waals surface area contributed by atoms with Gasteiger partial charge in [0.2, 0.25) is 0 Å². The Labute approximate surface area is 164 Å². The van der Waals surface area contributed by atoms with Gasteiger partial charge in [-0.15, -0.1) is 0 Å². The largest absolute Gasteiger partial charge is 0.504 e. The van der Waals surface area contributed by atoms with Crippen molar-refractivity contribution >= 4 is 15.9 Å². The zero-order chi connectivity index (χ0) is 19.6. The molecule has 0 amide bonds. The zero-order valence-electron chi connectivity index (χ0n) is 14.8. The lowest BCUT2D eigenvalue weighted by atomic mass is 10.1. The van der Waals surface area contributed by atoms with Crippen molar-refractivity contribution in [1.29, 1.82) is 0 Å². The maximum absolute atomic E-state index is 10.0. The fourth-order valence-corrected chi connectivity index (χ4v) is 3.21. The van der Waals surface area contributed by atoms with E-state index in [0.717, 1.165) is 16.8 Å². The van der Waals surface area contributed by atoms with E-state index >= 15 is 0 Å². The summed E-state index contributed by atoms with van der Waals surface area (Å²) in [5.74, 6) is 0.727. The van der Waals surface area contributed by atoms with Gasteiger partial charge in [0.15, 0.2) is 23.0 Å². The third kappa shape index (κ3) is 3.72. The summed E-state index contributed by atoms with van der Waals surface area (Å²) in [5, 5.41) is 33.8. The molecule has 7 nitrogen and oxygen atoms in total. The molecule has 0 bridgehead atoms. The number of aromatic hydroxyl groups is 2. The number of rotatable bonds is 6. The smallest absolute Gasteiger partial charge is 0.172 e. The van der Waals surface area contributed by atoms with Gasteiger partial charge in [-0.3, -0.25) is 4.68 Å². The van der Waals surface area contributed by atoms with Gasteiger partial charge in [0.25, 0.3) is 0 Å². The standard InChI is InChI=1S/C19H19BrN2O5/c1-26-17-8-11(3-4-16(17)24)15-10-14(21-22(15)5-6-23)12-7-13(20)19(25)18(9-12)27-2/h3-4,7-10,23-25H,5-6H2,1-2H3. The number of benzene rings is 2. The lowest BCUT2D eigenvalue weighted by Gasteiger charge is -2.08. The summed E-state index contributed by atoms with van der Waals surface area (Å²) in [6.45, 7) is 0.223. The van der Waals surface area contributed by atoms with E-state index < -0.39 is 0 Å². The molecule has 142 valence electrons. The minimum absolute atomic E-state index is 0.0135. The molecule has 0 aliphatic heterocycles. The van der Waals surface area contributed by atoms with E-state index in [4.69, 9.17) is 9.47 Å². The predicted molar refractivity (Wildman–Crippen MR) is 104 cm³/mol. The van der Waals surface area contributed by atoms with Crippen molar-refractivity contribution < 1.29 is 24.8 Å². The molecule has 3 aromatic rings. The van der Waals surface area contributed by atoms with Crippen LogP contribution in [0.1, 0.15) is 0 Å². The van der Waals surface area contributed by atoms with Gasteiger partial charge >= 0.3 is 0 Å². The van der Waals surface area contributed by atoms with Crippen LogP contribution in [0.2, 0.25) is 0 Å². The second-order valence-electron chi connectivity index (χ2n) is 5.76. The van der Waals surface area contributed by atoms with Crippen molar-refractivity contribution in [2.45, 2.75) is 6.54 Å². The molecule has 0 radical (unpaired) electrons. The van der Waals surface area contributed by atoms with Crippen LogP contribution in [0.25, 0.3) is 22.5 Å². The SMILES string of the molecule is COc1cc(-c2cc(-c3cc(Br)c(O)c(OC)c3)nn2CCO)ccc1O. The fourth-order valence-electron chi connectivity index (χ4n) is 2.77. The number of ether oxygens (including phenoxy) is 2. The number of hydrogen-bond donors (Lipinski definition) is 3. The van der Waals surface area contributed by atoms with Crippen molar-refractivity contribution in [3.8, 4) is 45.5 Å². The summed E-state index contributed by atoms with van der Waals surface area (Å²) in [4.78, 5) is 0. The molecule has 0 saturated heterocycles. The third-order valence-corrected chi connectivity index (χ3v) is 4.72. The number of phenols is 2. The Bertz CT molecular complexity index is 971. The van der Waals surface area contributed by atoms with Gasteiger partial charge in [0.1, 0.15) is 0 Å². The Morgan fingerprint density at radius 1 is 1.00 bits per heavy atom. The van der Waals surface area contributed by atoms with Crippen molar-refractivity contribution in [3.63, 3.8) is 0 Å². The first-order chi connectivity index (χ1) is 13.0. The van der Waals surface area contributed by atoms with Gasteiger partial charge in [0.05, 0.1) is 43.2 Å². The van der Waals surface area contributed by atoms with Gasteiger partial charge in [-0.1, -0.05) is 0 Å². The van der Waals surface area contributed by atoms with E-state index in [-0.39, 0.29) is 18.1 Å². The monoisotopic (exact) mass is 434 g/mol. The van der Waals surface area contributed by atoms with Crippen LogP contribution >= 0.6 is 15.9 Å². The van der Waals surface area contributed by atoms with Crippen LogP contribution in [0, 0.1) is 0 Å². The Kier molecular flexibility index (Phi) is 5.57. The molecule has 0 unspecified atom stereocenters. The van der Waals surface area contributed by atoms with E-state index in [1.165, 1.54) is 14.2 Å². The molecule has 0 saturated carbocycles. The number of phenolic OH excluding ortho intramolecular Hbond substituents is 2. The lowest BCUT2D eigenvalue weighted by Crippen LogP contribution is -2.05. The van der Waals surface area contributed by atoms with Crippen molar-refractivity contribution in [2.24, 2.45) is 0 Å². The van der Waals surface area contributed by atoms with Crippen LogP contribution in [-0.2, 0) is 6.54 Å². The summed E-state index contributed by atoms with van der Waals surface area (Å²) in [6.07, 6.45) is 0. The number of nitrogens with zero attached hydrogens (tertiary/aromatic N) is 2. The quantitative estimate of drug-likeness (QED) is 0.549. The summed E-state index contributed by atoms with van der Waals surface area (Å²) in [5.41, 5.74) is 2.91. The molecule has 8 heteroatoms. The maximum Gasteiger partial charge on any atom is 0.172 e. The van der Waals surface area contributed by atoms with Gasteiger partial charge in [-0.05, 0) is 52.3 Å². The van der Waals surface area contributed by atoms with Crippen molar-refractivity contribution in [2.75, 3.05) is 20.8 Å². The first-order valence-corrected chi connectivity index (χ1v) is 8.90. The highest BCUT2D eigenvalue weighted by atomic mass is 79.9. The summed E-state index contributed by atoms with van der Waals surface area (Å²) < 4.78 is 12.5. The van der Waals surface area contributed by atoms with Crippen LogP contribution < -0.4 is 9.47 Å². The number of aromatic nitrogens is 2. The normalized spacial score (nSPS) is 10.8. The number of halogens is 1. The Morgan fingerprint density at radius 2 is 1.70 bits per heavy atom. The average Bonchev–Trinajstić information content (AvgIpc) is 3.08. The number of methoxy groups -OCH3 is 2. The summed E-state index contributed by atoms with van der Waals surface area (Å²) in [7, 11) is 2.96. The Hall–Kier alpha value is -2.71. The molecule has 1 aromatic heterocycles. The molecular formula is C19H19BrN2O5. The second-order valence-corrected chi connectivity index (χ2v) is 6.61. The van der Waals surface area contributed by atoms with Gasteiger partial charge < -0.3 is 24.8 Å². The molecule has 3 N–H and O–H groups in total. The van der Waals surface area contributed by atoms with E-state index in [1.807, 2.05) is 6.07 Å². The van der Waals surface area contributed by atoms with Gasteiger partial charge in [0, 0.05) is 11.1 Å². The Morgan fingerprint density at radius 3 is 2.37 bits per heavy atom. The van der Waals surface area contributed by atoms with Gasteiger partial charge in [-0.25, -0.2) is 0 Å². The highest BCUT2D eigenvalue weighted by Gasteiger charge is 2.16. The van der Waals surface area contributed by atoms with E-state index in [1.54, 1.807) is 35.0 Å². The fraction of sp³-hybridized carbons (Fsp3) is 0.211. The lowest BCUT2D eigenvalue weighted by molar-refractivity contribution is 0.270. The number of hydrogen-bond acceptors (Lipinski definition) is 6. The second kappa shape index (κ2) is 7.89. The highest BCUT2D eigenvalue weighted by molar-refractivity contribution is 9.10. The van der Waals surface area contributed by atoms with Crippen LogP contribution in [0.5, 0.6) is 23.0 Å². The third-order valence-electron chi connectivity index (χ3n) is 4.11. The van der Waals surface area contributed by atoms with Crippen LogP contribution in [0.15, 0.2) is 40.9 Å². The van der Waals surface area contributed by atoms with Crippen LogP contribution in [-0.4, -0.2) is 45.9 Å². The minimum Gasteiger partial charge on any atom is -0.504 e. The average molecular weight is 435 g/mol. The molecule has 0 aliphatic rings. The highest BCUT2D eigenvalue weighted by Crippen LogP contribution is 2.39. The van der Waals surface area contributed by atoms with Gasteiger partial charge in [-0.2, -0.15) is 5.10 Å². The topological polar surface area (TPSA) is 97.0 Å². The van der Waals surface area contributed by atoms with E-state index in [9.17, 15) is 15.3 Å². The molecule has 0 aliphatic carbocycles. The molecule has 0 fully saturated rings. The van der Waals surface area contributed by atoms with Crippen molar-refractivity contribution in [1.82, 2.24) is 9.78 Å². The molecule has 0 atom stereocenters. The molecule has 0 spiro atoms. The van der Waals surface area contributed by atoms with Crippen LogP contribution in [0.3, 0.4) is 0 Å². The summed E-state index contributed by atoms with van der Waals surface area (Å²) >= 11 is 3.31. The Balaban J connectivity index is 2.13.